The van der Waals surface area contributed by atoms with E-state index in [9.17, 15) is 19.8 Å². The SMILES string of the molecule is CC(OCCN)OCCOCCNC1=CC=CC2C(=O)N(C3CCC(O)NC3O)C(=O)C12. The second-order valence-corrected chi connectivity index (χ2v) is 7.97. The van der Waals surface area contributed by atoms with Gasteiger partial charge in [-0.1, -0.05) is 12.2 Å². The second-order valence-electron chi connectivity index (χ2n) is 7.97. The van der Waals surface area contributed by atoms with Crippen LogP contribution >= 0.6 is 0 Å². The fourth-order valence-corrected chi connectivity index (χ4v) is 4.19. The van der Waals surface area contributed by atoms with Crippen LogP contribution < -0.4 is 16.4 Å². The number of nitrogens with one attached hydrogen (secondary N) is 2. The lowest BCUT2D eigenvalue weighted by Gasteiger charge is -2.36. The number of amides is 2. The first kappa shape index (κ1) is 24.8. The molecule has 0 aromatic rings. The summed E-state index contributed by atoms with van der Waals surface area (Å²) >= 11 is 0. The molecule has 0 aromatic carbocycles. The van der Waals surface area contributed by atoms with Crippen LogP contribution in [0.25, 0.3) is 0 Å². The van der Waals surface area contributed by atoms with Gasteiger partial charge in [-0.2, -0.15) is 0 Å². The van der Waals surface area contributed by atoms with Crippen LogP contribution in [0.15, 0.2) is 23.9 Å². The Balaban J connectivity index is 1.45. The van der Waals surface area contributed by atoms with Gasteiger partial charge in [0, 0.05) is 18.8 Å². The van der Waals surface area contributed by atoms with Gasteiger partial charge in [0.1, 0.15) is 12.5 Å². The number of nitrogens with zero attached hydrogens (tertiary/aromatic N) is 1. The van der Waals surface area contributed by atoms with Gasteiger partial charge in [0.05, 0.1) is 44.3 Å². The summed E-state index contributed by atoms with van der Waals surface area (Å²) in [6.07, 6.45) is 3.61. The molecule has 2 amide bonds. The number of carbonyl (C=O) groups excluding carboxylic acids is 2. The standard InChI is InChI=1S/C21H34N4O7/c1-13(31-9-7-22)32-12-11-30-10-8-23-15-4-2-3-14-18(15)21(29)25(20(14)28)16-5-6-17(26)24-19(16)27/h2-4,13-14,16-19,23-24,26-27H,5-12,22H2,1H3. The molecule has 0 aromatic heterocycles. The van der Waals surface area contributed by atoms with Gasteiger partial charge in [0.15, 0.2) is 6.29 Å². The van der Waals surface area contributed by atoms with Crippen molar-refractivity contribution in [1.29, 1.82) is 0 Å². The molecule has 2 saturated heterocycles. The Morgan fingerprint density at radius 1 is 1.19 bits per heavy atom. The summed E-state index contributed by atoms with van der Waals surface area (Å²) in [6.45, 7) is 4.32. The summed E-state index contributed by atoms with van der Waals surface area (Å²) in [4.78, 5) is 27.2. The Morgan fingerprint density at radius 3 is 2.72 bits per heavy atom. The largest absolute Gasteiger partial charge is 0.385 e. The Hall–Kier alpha value is -1.86. The number of allylic oxidation sites excluding steroid dienone is 2. The lowest BCUT2D eigenvalue weighted by molar-refractivity contribution is -0.149. The minimum absolute atomic E-state index is 0.328. The van der Waals surface area contributed by atoms with Crippen molar-refractivity contribution in [3.63, 3.8) is 0 Å². The van der Waals surface area contributed by atoms with E-state index in [2.05, 4.69) is 10.6 Å². The minimum atomic E-state index is -1.16. The molecule has 2 aliphatic heterocycles. The van der Waals surface area contributed by atoms with Gasteiger partial charge in [0.2, 0.25) is 11.8 Å². The molecule has 6 unspecified atom stereocenters. The quantitative estimate of drug-likeness (QED) is 0.132. The number of imide groups is 1. The van der Waals surface area contributed by atoms with Gasteiger partial charge >= 0.3 is 0 Å². The number of hydrogen-bond acceptors (Lipinski definition) is 10. The Bertz CT molecular complexity index is 716. The maximum Gasteiger partial charge on any atom is 0.239 e. The molecule has 0 radical (unpaired) electrons. The molecule has 3 rings (SSSR count). The van der Waals surface area contributed by atoms with Crippen LogP contribution in [0, 0.1) is 11.8 Å². The third kappa shape index (κ3) is 5.93. The molecule has 11 nitrogen and oxygen atoms in total. The molecule has 0 bridgehead atoms. The van der Waals surface area contributed by atoms with E-state index in [1.807, 2.05) is 0 Å². The number of likely N-dealkylation sites (tertiary alicyclic amines) is 1. The number of nitrogens with two attached hydrogens (primary N) is 1. The summed E-state index contributed by atoms with van der Waals surface area (Å²) in [5, 5.41) is 25.7. The highest BCUT2D eigenvalue weighted by molar-refractivity contribution is 6.08. The number of aliphatic hydroxyl groups excluding tert-OH is 2. The highest BCUT2D eigenvalue weighted by Gasteiger charge is 2.53. The van der Waals surface area contributed by atoms with Crippen LogP contribution in [0.2, 0.25) is 0 Å². The van der Waals surface area contributed by atoms with E-state index in [1.165, 1.54) is 0 Å². The number of aliphatic hydroxyl groups is 2. The number of rotatable bonds is 12. The predicted molar refractivity (Wildman–Crippen MR) is 113 cm³/mol. The molecule has 1 aliphatic carbocycles. The van der Waals surface area contributed by atoms with Gasteiger partial charge in [-0.15, -0.1) is 0 Å². The highest BCUT2D eigenvalue weighted by Crippen LogP contribution is 2.37. The third-order valence-electron chi connectivity index (χ3n) is 5.74. The molecule has 2 heterocycles. The number of ether oxygens (including phenoxy) is 3. The van der Waals surface area contributed by atoms with E-state index in [4.69, 9.17) is 19.9 Å². The van der Waals surface area contributed by atoms with Crippen LogP contribution in [0.5, 0.6) is 0 Å². The summed E-state index contributed by atoms with van der Waals surface area (Å²) < 4.78 is 16.3. The van der Waals surface area contributed by atoms with Crippen molar-refractivity contribution in [3.8, 4) is 0 Å². The van der Waals surface area contributed by atoms with E-state index < -0.39 is 30.3 Å². The minimum Gasteiger partial charge on any atom is -0.385 e. The number of fused-ring (bicyclic) bond motifs is 1. The van der Waals surface area contributed by atoms with Crippen LogP contribution in [-0.2, 0) is 23.8 Å². The Kier molecular flexibility index (Phi) is 9.17. The van der Waals surface area contributed by atoms with E-state index in [1.54, 1.807) is 25.2 Å². The molecule has 180 valence electrons. The molecule has 6 atom stereocenters. The molecular weight excluding hydrogens is 420 g/mol. The van der Waals surface area contributed by atoms with Crippen molar-refractivity contribution in [2.24, 2.45) is 17.6 Å². The van der Waals surface area contributed by atoms with Crippen LogP contribution in [0.4, 0.5) is 0 Å². The van der Waals surface area contributed by atoms with Crippen molar-refractivity contribution in [1.82, 2.24) is 15.5 Å². The van der Waals surface area contributed by atoms with Crippen LogP contribution in [0.1, 0.15) is 19.8 Å². The lowest BCUT2D eigenvalue weighted by Crippen LogP contribution is -2.58. The maximum atomic E-state index is 13.1. The second kappa shape index (κ2) is 11.8. The van der Waals surface area contributed by atoms with Crippen LogP contribution in [0.3, 0.4) is 0 Å². The predicted octanol–water partition coefficient (Wildman–Crippen LogP) is -1.63. The maximum absolute atomic E-state index is 13.1. The molecule has 2 fully saturated rings. The van der Waals surface area contributed by atoms with Crippen molar-refractivity contribution in [2.45, 2.75) is 44.6 Å². The monoisotopic (exact) mass is 454 g/mol. The van der Waals surface area contributed by atoms with Crippen molar-refractivity contribution >= 4 is 11.8 Å². The summed E-state index contributed by atoms with van der Waals surface area (Å²) in [7, 11) is 0. The van der Waals surface area contributed by atoms with E-state index in [-0.39, 0.29) is 18.1 Å². The first-order valence-corrected chi connectivity index (χ1v) is 11.1. The zero-order valence-electron chi connectivity index (χ0n) is 18.3. The van der Waals surface area contributed by atoms with Crippen molar-refractivity contribution < 1.29 is 34.0 Å². The normalized spacial score (nSPS) is 30.9. The third-order valence-corrected chi connectivity index (χ3v) is 5.74. The molecular formula is C21H34N4O7. The van der Waals surface area contributed by atoms with E-state index in [0.29, 0.717) is 58.1 Å². The molecule has 6 N–H and O–H groups in total. The molecule has 11 heteroatoms. The van der Waals surface area contributed by atoms with Crippen LogP contribution in [-0.4, -0.2) is 91.2 Å². The number of piperidine rings is 1. The van der Waals surface area contributed by atoms with Crippen molar-refractivity contribution in [3.05, 3.63) is 23.9 Å². The fourth-order valence-electron chi connectivity index (χ4n) is 4.19. The average Bonchev–Trinajstić information content (AvgIpc) is 3.02. The lowest BCUT2D eigenvalue weighted by atomic mass is 9.88. The molecule has 0 saturated carbocycles. The topological polar surface area (TPSA) is 156 Å². The zero-order chi connectivity index (χ0) is 23.1. The van der Waals surface area contributed by atoms with Gasteiger partial charge < -0.3 is 35.5 Å². The van der Waals surface area contributed by atoms with E-state index in [0.717, 1.165) is 4.90 Å². The molecule has 3 aliphatic rings. The number of hydrogen-bond donors (Lipinski definition) is 5. The smallest absolute Gasteiger partial charge is 0.239 e. The van der Waals surface area contributed by atoms with E-state index >= 15 is 0 Å². The highest BCUT2D eigenvalue weighted by atomic mass is 16.7. The summed E-state index contributed by atoms with van der Waals surface area (Å²) in [5.41, 5.74) is 6.02. The van der Waals surface area contributed by atoms with Gasteiger partial charge in [-0.3, -0.25) is 19.8 Å². The fraction of sp³-hybridized carbons (Fsp3) is 0.714. The zero-order valence-corrected chi connectivity index (χ0v) is 18.3. The number of carbonyl (C=O) groups is 2. The van der Waals surface area contributed by atoms with Crippen molar-refractivity contribution in [2.75, 3.05) is 39.5 Å². The average molecular weight is 455 g/mol. The molecule has 0 spiro atoms. The van der Waals surface area contributed by atoms with Gasteiger partial charge in [-0.05, 0) is 25.8 Å². The van der Waals surface area contributed by atoms with Gasteiger partial charge in [-0.25, -0.2) is 0 Å². The van der Waals surface area contributed by atoms with Gasteiger partial charge in [0.25, 0.3) is 0 Å². The Morgan fingerprint density at radius 2 is 1.97 bits per heavy atom. The summed E-state index contributed by atoms with van der Waals surface area (Å²) in [6, 6.07) is -0.696. The Labute approximate surface area is 187 Å². The molecule has 32 heavy (non-hydrogen) atoms. The first-order valence-electron chi connectivity index (χ1n) is 11.1. The summed E-state index contributed by atoms with van der Waals surface area (Å²) in [5.74, 6) is -1.91. The first-order chi connectivity index (χ1) is 15.4.